The summed E-state index contributed by atoms with van der Waals surface area (Å²) in [4.78, 5) is 15.1. The van der Waals surface area contributed by atoms with E-state index < -0.39 is 5.97 Å². The number of aromatic carboxylic acids is 1. The number of carboxylic acids is 1. The Morgan fingerprint density at radius 2 is 2.38 bits per heavy atom. The summed E-state index contributed by atoms with van der Waals surface area (Å²) in [6, 6.07) is 3.68. The first-order chi connectivity index (χ1) is 7.68. The van der Waals surface area contributed by atoms with Crippen LogP contribution in [0.1, 0.15) is 21.9 Å². The third-order valence-electron chi connectivity index (χ3n) is 2.40. The van der Waals surface area contributed by atoms with Crippen LogP contribution in [-0.4, -0.2) is 20.6 Å². The average Bonchev–Trinajstić information content (AvgIpc) is 2.83. The van der Waals surface area contributed by atoms with Crippen LogP contribution in [0.2, 0.25) is 0 Å². The van der Waals surface area contributed by atoms with Crippen LogP contribution in [0.5, 0.6) is 0 Å². The normalized spacial score (nSPS) is 10.6. The lowest BCUT2D eigenvalue weighted by Crippen LogP contribution is -2.07. The highest BCUT2D eigenvalue weighted by atomic mass is 16.4. The first-order valence-electron chi connectivity index (χ1n) is 4.94. The van der Waals surface area contributed by atoms with Crippen molar-refractivity contribution in [2.75, 3.05) is 0 Å². The fraction of sp³-hybridized carbons (Fsp3) is 0.273. The smallest absolute Gasteiger partial charge is 0.354 e. The van der Waals surface area contributed by atoms with Crippen LogP contribution in [0.3, 0.4) is 0 Å². The summed E-state index contributed by atoms with van der Waals surface area (Å²) < 4.78 is 6.69. The minimum absolute atomic E-state index is 0.242. The Morgan fingerprint density at radius 1 is 1.56 bits per heavy atom. The van der Waals surface area contributed by atoms with Crippen molar-refractivity contribution < 1.29 is 14.3 Å². The Kier molecular flexibility index (Phi) is 2.76. The first kappa shape index (κ1) is 10.5. The van der Waals surface area contributed by atoms with Crippen LogP contribution >= 0.6 is 0 Å². The van der Waals surface area contributed by atoms with Gasteiger partial charge in [-0.15, -0.1) is 0 Å². The van der Waals surface area contributed by atoms with E-state index in [0.717, 1.165) is 5.76 Å². The molecule has 2 aromatic rings. The van der Waals surface area contributed by atoms with Crippen molar-refractivity contribution in [3.05, 3.63) is 41.9 Å². The molecule has 2 rings (SSSR count). The molecule has 0 unspecified atom stereocenters. The molecule has 0 atom stereocenters. The highest BCUT2D eigenvalue weighted by Gasteiger charge is 2.15. The molecule has 0 bridgehead atoms. The third kappa shape index (κ3) is 1.98. The predicted octanol–water partition coefficient (Wildman–Crippen LogP) is 1.50. The van der Waals surface area contributed by atoms with Gasteiger partial charge in [0.05, 0.1) is 18.3 Å². The summed E-state index contributed by atoms with van der Waals surface area (Å²) in [6.45, 7) is 0. The number of carbonyl (C=O) groups is 1. The van der Waals surface area contributed by atoms with Crippen LogP contribution in [0.25, 0.3) is 0 Å². The second-order valence-electron chi connectivity index (χ2n) is 3.54. The van der Waals surface area contributed by atoms with E-state index in [4.69, 9.17) is 9.52 Å². The molecule has 1 N–H and O–H groups in total. The Hall–Kier alpha value is -2.04. The highest BCUT2D eigenvalue weighted by Crippen LogP contribution is 2.11. The van der Waals surface area contributed by atoms with E-state index in [9.17, 15) is 4.79 Å². The number of furan rings is 1. The zero-order chi connectivity index (χ0) is 11.5. The average molecular weight is 220 g/mol. The number of imidazole rings is 1. The van der Waals surface area contributed by atoms with Gasteiger partial charge in [0.1, 0.15) is 11.5 Å². The number of nitrogens with zero attached hydrogens (tertiary/aromatic N) is 2. The maximum atomic E-state index is 11.0. The van der Waals surface area contributed by atoms with Crippen LogP contribution in [-0.2, 0) is 19.9 Å². The summed E-state index contributed by atoms with van der Waals surface area (Å²) in [5, 5.41) is 9.01. The van der Waals surface area contributed by atoms with E-state index in [1.165, 1.54) is 10.9 Å². The van der Waals surface area contributed by atoms with Gasteiger partial charge in [0.25, 0.3) is 0 Å². The van der Waals surface area contributed by atoms with Crippen molar-refractivity contribution in [1.29, 1.82) is 0 Å². The molecule has 2 heterocycles. The molecule has 0 saturated carbocycles. The molecule has 0 aromatic carbocycles. The Labute approximate surface area is 92.3 Å². The predicted molar refractivity (Wildman–Crippen MR) is 56.3 cm³/mol. The van der Waals surface area contributed by atoms with Crippen LogP contribution < -0.4 is 0 Å². The van der Waals surface area contributed by atoms with E-state index in [-0.39, 0.29) is 5.69 Å². The molecule has 0 radical (unpaired) electrons. The summed E-state index contributed by atoms with van der Waals surface area (Å²) >= 11 is 0. The zero-order valence-corrected chi connectivity index (χ0v) is 8.88. The van der Waals surface area contributed by atoms with Crippen molar-refractivity contribution in [2.24, 2.45) is 7.05 Å². The van der Waals surface area contributed by atoms with Gasteiger partial charge in [-0.2, -0.15) is 0 Å². The number of rotatable bonds is 4. The molecule has 0 aliphatic heterocycles. The van der Waals surface area contributed by atoms with Crippen molar-refractivity contribution in [3.63, 3.8) is 0 Å². The number of aromatic nitrogens is 2. The monoisotopic (exact) mass is 220 g/mol. The lowest BCUT2D eigenvalue weighted by Gasteiger charge is -1.99. The molecular weight excluding hydrogens is 208 g/mol. The summed E-state index contributed by atoms with van der Waals surface area (Å²) in [5.41, 5.74) is 0.831. The third-order valence-corrected chi connectivity index (χ3v) is 2.40. The molecule has 5 heteroatoms. The molecule has 2 aromatic heterocycles. The van der Waals surface area contributed by atoms with Crippen molar-refractivity contribution >= 4 is 5.97 Å². The standard InChI is InChI=1S/C11H12N2O3/c1-13-7-12-9(10(13)11(14)15)5-4-8-3-2-6-16-8/h2-3,6-7H,4-5H2,1H3,(H,14,15). The minimum Gasteiger partial charge on any atom is -0.477 e. The van der Waals surface area contributed by atoms with E-state index in [0.29, 0.717) is 18.5 Å². The second-order valence-corrected chi connectivity index (χ2v) is 3.54. The minimum atomic E-state index is -0.950. The number of carboxylic acid groups (broad SMARTS) is 1. The zero-order valence-electron chi connectivity index (χ0n) is 8.88. The largest absolute Gasteiger partial charge is 0.477 e. The van der Waals surface area contributed by atoms with Gasteiger partial charge in [-0.3, -0.25) is 0 Å². The van der Waals surface area contributed by atoms with Gasteiger partial charge in [-0.25, -0.2) is 9.78 Å². The fourth-order valence-corrected chi connectivity index (χ4v) is 1.63. The van der Waals surface area contributed by atoms with Gasteiger partial charge in [0, 0.05) is 13.5 Å². The van der Waals surface area contributed by atoms with E-state index in [1.807, 2.05) is 12.1 Å². The number of aryl methyl sites for hydroxylation is 3. The number of hydrogen-bond acceptors (Lipinski definition) is 3. The molecule has 0 amide bonds. The van der Waals surface area contributed by atoms with Crippen LogP contribution in [0.4, 0.5) is 0 Å². The quantitative estimate of drug-likeness (QED) is 0.847. The molecular formula is C11H12N2O3. The van der Waals surface area contributed by atoms with Crippen molar-refractivity contribution in [3.8, 4) is 0 Å². The molecule has 0 aliphatic carbocycles. The molecule has 16 heavy (non-hydrogen) atoms. The summed E-state index contributed by atoms with van der Waals surface area (Å²) in [6.07, 6.45) is 4.34. The Balaban J connectivity index is 2.13. The molecule has 0 saturated heterocycles. The molecule has 0 spiro atoms. The maximum absolute atomic E-state index is 11.0. The van der Waals surface area contributed by atoms with Gasteiger partial charge in [-0.05, 0) is 18.6 Å². The fourth-order valence-electron chi connectivity index (χ4n) is 1.63. The van der Waals surface area contributed by atoms with Crippen LogP contribution in [0.15, 0.2) is 29.1 Å². The van der Waals surface area contributed by atoms with Crippen molar-refractivity contribution in [1.82, 2.24) is 9.55 Å². The Bertz CT molecular complexity index is 485. The molecule has 84 valence electrons. The number of hydrogen-bond donors (Lipinski definition) is 1. The van der Waals surface area contributed by atoms with E-state index >= 15 is 0 Å². The van der Waals surface area contributed by atoms with E-state index in [2.05, 4.69) is 4.98 Å². The maximum Gasteiger partial charge on any atom is 0.354 e. The van der Waals surface area contributed by atoms with E-state index in [1.54, 1.807) is 13.3 Å². The Morgan fingerprint density at radius 3 is 3.00 bits per heavy atom. The summed E-state index contributed by atoms with van der Waals surface area (Å²) in [7, 11) is 1.67. The first-order valence-corrected chi connectivity index (χ1v) is 4.94. The molecule has 5 nitrogen and oxygen atoms in total. The van der Waals surface area contributed by atoms with Gasteiger partial charge < -0.3 is 14.1 Å². The molecule has 0 fully saturated rings. The molecule has 0 aliphatic rings. The van der Waals surface area contributed by atoms with Gasteiger partial charge in [0.2, 0.25) is 0 Å². The van der Waals surface area contributed by atoms with Gasteiger partial charge in [-0.1, -0.05) is 0 Å². The SMILES string of the molecule is Cn1cnc(CCc2ccco2)c1C(=O)O. The van der Waals surface area contributed by atoms with Crippen LogP contribution in [0, 0.1) is 0 Å². The lowest BCUT2D eigenvalue weighted by atomic mass is 10.1. The highest BCUT2D eigenvalue weighted by molar-refractivity contribution is 5.87. The van der Waals surface area contributed by atoms with Gasteiger partial charge in [0.15, 0.2) is 0 Å². The van der Waals surface area contributed by atoms with Crippen molar-refractivity contribution in [2.45, 2.75) is 12.8 Å². The topological polar surface area (TPSA) is 68.3 Å². The second kappa shape index (κ2) is 4.22. The summed E-state index contributed by atoms with van der Waals surface area (Å²) in [5.74, 6) is -0.114. The van der Waals surface area contributed by atoms with Gasteiger partial charge >= 0.3 is 5.97 Å². The lowest BCUT2D eigenvalue weighted by molar-refractivity contribution is 0.0685.